The van der Waals surface area contributed by atoms with Crippen LogP contribution in [0.3, 0.4) is 0 Å². The largest absolute Gasteiger partial charge is 0.332 e. The maximum atomic E-state index is 13.3. The molecule has 8 nitrogen and oxygen atoms in total. The van der Waals surface area contributed by atoms with Gasteiger partial charge in [0.1, 0.15) is 18.1 Å². The molecule has 1 N–H and O–H groups in total. The fourth-order valence-electron chi connectivity index (χ4n) is 2.94. The molecule has 3 aromatic rings. The standard InChI is InChI=1S/C21H18FN5O3/c1-13-5-7-14(8-6-13)20-24-21(30-26-20)17-9-10-19(29)27(25-17)12-18(28)23-16-4-2-3-15(22)11-16/h2-8,11H,9-10,12H2,1H3,(H,23,28). The number of hydrogen-bond acceptors (Lipinski definition) is 6. The van der Waals surface area contributed by atoms with Gasteiger partial charge in [-0.1, -0.05) is 41.1 Å². The first-order chi connectivity index (χ1) is 14.5. The fourth-order valence-corrected chi connectivity index (χ4v) is 2.94. The topological polar surface area (TPSA) is 101 Å². The van der Waals surface area contributed by atoms with Crippen LogP contribution in [0.1, 0.15) is 24.3 Å². The third-order valence-corrected chi connectivity index (χ3v) is 4.49. The minimum Gasteiger partial charge on any atom is -0.332 e. The van der Waals surface area contributed by atoms with Gasteiger partial charge in [0.2, 0.25) is 17.6 Å². The van der Waals surface area contributed by atoms with Crippen molar-refractivity contribution in [1.29, 1.82) is 0 Å². The number of hydrogen-bond donors (Lipinski definition) is 1. The summed E-state index contributed by atoms with van der Waals surface area (Å²) in [6.45, 7) is 1.68. The number of nitrogens with one attached hydrogen (secondary N) is 1. The lowest BCUT2D eigenvalue weighted by Gasteiger charge is -2.21. The van der Waals surface area contributed by atoms with E-state index in [1.165, 1.54) is 18.2 Å². The molecule has 0 radical (unpaired) electrons. The first-order valence-electron chi connectivity index (χ1n) is 9.32. The van der Waals surface area contributed by atoms with Crippen LogP contribution in [0.15, 0.2) is 58.2 Å². The Bertz CT molecular complexity index is 1120. The molecule has 2 heterocycles. The average molecular weight is 407 g/mol. The normalized spacial score (nSPS) is 13.9. The summed E-state index contributed by atoms with van der Waals surface area (Å²) in [4.78, 5) is 28.8. The molecule has 30 heavy (non-hydrogen) atoms. The van der Waals surface area contributed by atoms with E-state index in [4.69, 9.17) is 4.52 Å². The SMILES string of the molecule is Cc1ccc(-c2noc(C3=NN(CC(=O)Nc4cccc(F)c4)C(=O)CC3)n2)cc1. The smallest absolute Gasteiger partial charge is 0.274 e. The van der Waals surface area contributed by atoms with Crippen LogP contribution in [0.25, 0.3) is 11.4 Å². The highest BCUT2D eigenvalue weighted by Gasteiger charge is 2.26. The van der Waals surface area contributed by atoms with Gasteiger partial charge in [-0.05, 0) is 25.1 Å². The highest BCUT2D eigenvalue weighted by molar-refractivity contribution is 6.02. The van der Waals surface area contributed by atoms with Crippen LogP contribution in [0.5, 0.6) is 0 Å². The lowest BCUT2D eigenvalue weighted by Crippen LogP contribution is -2.38. The maximum absolute atomic E-state index is 13.3. The van der Waals surface area contributed by atoms with Crippen molar-refractivity contribution >= 4 is 23.2 Å². The van der Waals surface area contributed by atoms with E-state index in [-0.39, 0.29) is 24.8 Å². The first-order valence-corrected chi connectivity index (χ1v) is 9.32. The summed E-state index contributed by atoms with van der Waals surface area (Å²) in [5, 5.41) is 11.8. The number of anilines is 1. The molecule has 2 amide bonds. The third-order valence-electron chi connectivity index (χ3n) is 4.49. The summed E-state index contributed by atoms with van der Waals surface area (Å²) in [6, 6.07) is 13.2. The Morgan fingerprint density at radius 1 is 1.20 bits per heavy atom. The number of hydrazone groups is 1. The third kappa shape index (κ3) is 4.40. The van der Waals surface area contributed by atoms with Gasteiger partial charge in [0, 0.05) is 24.1 Å². The molecule has 0 fully saturated rings. The van der Waals surface area contributed by atoms with Gasteiger partial charge >= 0.3 is 0 Å². The highest BCUT2D eigenvalue weighted by atomic mass is 19.1. The molecule has 0 aliphatic carbocycles. The number of aryl methyl sites for hydroxylation is 1. The molecule has 9 heteroatoms. The second-order valence-corrected chi connectivity index (χ2v) is 6.85. The summed E-state index contributed by atoms with van der Waals surface area (Å²) in [6.07, 6.45) is 0.491. The number of carbonyl (C=O) groups is 2. The van der Waals surface area contributed by atoms with E-state index >= 15 is 0 Å². The molecule has 1 aliphatic heterocycles. The molecule has 0 saturated carbocycles. The molecular formula is C21H18FN5O3. The zero-order valence-corrected chi connectivity index (χ0v) is 16.1. The zero-order chi connectivity index (χ0) is 21.1. The van der Waals surface area contributed by atoms with Crippen LogP contribution in [-0.2, 0) is 9.59 Å². The molecule has 0 saturated heterocycles. The van der Waals surface area contributed by atoms with Gasteiger partial charge in [-0.2, -0.15) is 10.1 Å². The molecule has 2 aromatic carbocycles. The summed E-state index contributed by atoms with van der Waals surface area (Å²) >= 11 is 0. The van der Waals surface area contributed by atoms with Crippen molar-refractivity contribution in [2.45, 2.75) is 19.8 Å². The molecular weight excluding hydrogens is 389 g/mol. The van der Waals surface area contributed by atoms with Gasteiger partial charge in [0.15, 0.2) is 0 Å². The lowest BCUT2D eigenvalue weighted by atomic mass is 10.1. The van der Waals surface area contributed by atoms with Crippen molar-refractivity contribution in [2.75, 3.05) is 11.9 Å². The minimum absolute atomic E-state index is 0.161. The Balaban J connectivity index is 1.48. The average Bonchev–Trinajstić information content (AvgIpc) is 3.20. The van der Waals surface area contributed by atoms with E-state index in [0.717, 1.165) is 16.1 Å². The number of halogens is 1. The maximum Gasteiger partial charge on any atom is 0.274 e. The Hall–Kier alpha value is -3.88. The van der Waals surface area contributed by atoms with Crippen molar-refractivity contribution < 1.29 is 18.5 Å². The number of amides is 2. The molecule has 4 rings (SSSR count). The van der Waals surface area contributed by atoms with Crippen molar-refractivity contribution in [3.8, 4) is 11.4 Å². The van der Waals surface area contributed by atoms with Gasteiger partial charge in [-0.25, -0.2) is 9.40 Å². The van der Waals surface area contributed by atoms with Crippen molar-refractivity contribution in [2.24, 2.45) is 5.10 Å². The predicted molar refractivity (Wildman–Crippen MR) is 107 cm³/mol. The minimum atomic E-state index is -0.496. The number of aromatic nitrogens is 2. The van der Waals surface area contributed by atoms with Crippen LogP contribution in [-0.4, -0.2) is 39.2 Å². The van der Waals surface area contributed by atoms with Crippen LogP contribution in [0.2, 0.25) is 0 Å². The Kier molecular flexibility index (Phi) is 5.34. The molecule has 1 aromatic heterocycles. The Morgan fingerprint density at radius 3 is 2.77 bits per heavy atom. The molecule has 0 spiro atoms. The van der Waals surface area contributed by atoms with Crippen LogP contribution < -0.4 is 5.32 Å². The van der Waals surface area contributed by atoms with Crippen molar-refractivity contribution in [3.05, 3.63) is 65.8 Å². The first kappa shape index (κ1) is 19.4. The van der Waals surface area contributed by atoms with Gasteiger partial charge in [0.05, 0.1) is 0 Å². The fraction of sp³-hybridized carbons (Fsp3) is 0.190. The number of carbonyl (C=O) groups excluding carboxylic acids is 2. The number of nitrogens with zero attached hydrogens (tertiary/aromatic N) is 4. The number of benzene rings is 2. The van der Waals surface area contributed by atoms with Gasteiger partial charge in [-0.15, -0.1) is 0 Å². The zero-order valence-electron chi connectivity index (χ0n) is 16.1. The van der Waals surface area contributed by atoms with E-state index in [1.807, 2.05) is 31.2 Å². The van der Waals surface area contributed by atoms with E-state index < -0.39 is 11.7 Å². The number of rotatable bonds is 5. The van der Waals surface area contributed by atoms with Crippen LogP contribution in [0.4, 0.5) is 10.1 Å². The van der Waals surface area contributed by atoms with Crippen LogP contribution >= 0.6 is 0 Å². The molecule has 0 bridgehead atoms. The summed E-state index contributed by atoms with van der Waals surface area (Å²) in [7, 11) is 0. The summed E-state index contributed by atoms with van der Waals surface area (Å²) in [5.41, 5.74) is 2.64. The second-order valence-electron chi connectivity index (χ2n) is 6.85. The van der Waals surface area contributed by atoms with Gasteiger partial charge in [-0.3, -0.25) is 9.59 Å². The Morgan fingerprint density at radius 2 is 2.00 bits per heavy atom. The monoisotopic (exact) mass is 407 g/mol. The Labute approximate surface area is 171 Å². The lowest BCUT2D eigenvalue weighted by molar-refractivity contribution is -0.135. The van der Waals surface area contributed by atoms with E-state index in [9.17, 15) is 14.0 Å². The second kappa shape index (κ2) is 8.24. The van der Waals surface area contributed by atoms with Gasteiger partial charge in [0.25, 0.3) is 5.89 Å². The highest BCUT2D eigenvalue weighted by Crippen LogP contribution is 2.19. The quantitative estimate of drug-likeness (QED) is 0.700. The van der Waals surface area contributed by atoms with Crippen molar-refractivity contribution in [1.82, 2.24) is 15.1 Å². The molecule has 0 unspecified atom stereocenters. The predicted octanol–water partition coefficient (Wildman–Crippen LogP) is 3.15. The van der Waals surface area contributed by atoms with Crippen LogP contribution in [0, 0.1) is 12.7 Å². The van der Waals surface area contributed by atoms with E-state index in [0.29, 0.717) is 23.6 Å². The van der Waals surface area contributed by atoms with E-state index in [1.54, 1.807) is 6.07 Å². The molecule has 152 valence electrons. The van der Waals surface area contributed by atoms with E-state index in [2.05, 4.69) is 20.6 Å². The molecule has 0 atom stereocenters. The summed E-state index contributed by atoms with van der Waals surface area (Å²) in [5.74, 6) is -0.646. The van der Waals surface area contributed by atoms with Crippen molar-refractivity contribution in [3.63, 3.8) is 0 Å². The molecule has 1 aliphatic rings. The summed E-state index contributed by atoms with van der Waals surface area (Å²) < 4.78 is 18.6. The van der Waals surface area contributed by atoms with Gasteiger partial charge < -0.3 is 9.84 Å².